The van der Waals surface area contributed by atoms with E-state index in [2.05, 4.69) is 25.2 Å². The predicted octanol–water partition coefficient (Wildman–Crippen LogP) is 2.94. The molecule has 0 spiro atoms. The maximum atomic E-state index is 11.2. The van der Waals surface area contributed by atoms with Crippen molar-refractivity contribution in [3.63, 3.8) is 0 Å². The summed E-state index contributed by atoms with van der Waals surface area (Å²) in [4.78, 5) is 33.4. The molecule has 0 heterocycles. The smallest absolute Gasteiger partial charge is 0.347 e. The van der Waals surface area contributed by atoms with Crippen molar-refractivity contribution in [3.8, 4) is 0 Å². The zero-order valence-electron chi connectivity index (χ0n) is 18.1. The van der Waals surface area contributed by atoms with Crippen LogP contribution in [0.3, 0.4) is 0 Å². The van der Waals surface area contributed by atoms with E-state index >= 15 is 0 Å². The first-order valence-electron chi connectivity index (χ1n) is 9.55. The Bertz CT molecular complexity index is 857. The van der Waals surface area contributed by atoms with Crippen molar-refractivity contribution in [1.82, 2.24) is 5.32 Å². The molecule has 0 aromatic heterocycles. The summed E-state index contributed by atoms with van der Waals surface area (Å²) >= 11 is 0. The van der Waals surface area contributed by atoms with E-state index in [9.17, 15) is 14.4 Å². The lowest BCUT2D eigenvalue weighted by Gasteiger charge is -2.24. The Balaban J connectivity index is 0.000000375. The van der Waals surface area contributed by atoms with Gasteiger partial charge in [-0.3, -0.25) is 9.59 Å². The quantitative estimate of drug-likeness (QED) is 0.494. The third-order valence-electron chi connectivity index (χ3n) is 4.44. The maximum Gasteiger partial charge on any atom is 0.347 e. The van der Waals surface area contributed by atoms with Crippen molar-refractivity contribution in [2.45, 2.75) is 53.2 Å². The molecule has 4 N–H and O–H groups in total. The van der Waals surface area contributed by atoms with Gasteiger partial charge in [-0.15, -0.1) is 0 Å². The lowest BCUT2D eigenvalue weighted by Crippen LogP contribution is -2.49. The summed E-state index contributed by atoms with van der Waals surface area (Å²) in [6, 6.07) is 12.4. The molecule has 0 fully saturated rings. The van der Waals surface area contributed by atoms with E-state index in [0.29, 0.717) is 0 Å². The number of anilines is 1. The highest BCUT2D eigenvalue weighted by Crippen LogP contribution is 2.16. The second-order valence-electron chi connectivity index (χ2n) is 7.16. The minimum Gasteiger partial charge on any atom is -0.478 e. The monoisotopic (exact) mass is 414 g/mol. The first-order chi connectivity index (χ1) is 14.0. The van der Waals surface area contributed by atoms with Crippen LogP contribution in [0.1, 0.15) is 36.1 Å². The van der Waals surface area contributed by atoms with Gasteiger partial charge < -0.3 is 20.9 Å². The van der Waals surface area contributed by atoms with Crippen LogP contribution in [0.25, 0.3) is 0 Å². The van der Waals surface area contributed by atoms with Crippen LogP contribution in [0.2, 0.25) is 0 Å². The molecule has 2 rings (SSSR count). The van der Waals surface area contributed by atoms with Gasteiger partial charge in [-0.1, -0.05) is 36.4 Å². The molecule has 0 saturated heterocycles. The number of hydrogen-bond donors (Lipinski definition) is 3. The molecule has 2 unspecified atom stereocenters. The number of nitrogens with one attached hydrogen (secondary N) is 1. The van der Waals surface area contributed by atoms with Gasteiger partial charge in [0.05, 0.1) is 6.04 Å². The Morgan fingerprint density at radius 2 is 1.67 bits per heavy atom. The molecular formula is C23H30N2O5. The molecule has 7 heteroatoms. The predicted molar refractivity (Wildman–Crippen MR) is 116 cm³/mol. The van der Waals surface area contributed by atoms with Crippen molar-refractivity contribution >= 4 is 23.5 Å². The highest BCUT2D eigenvalue weighted by molar-refractivity contribution is 5.80. The number of carbonyl (C=O) groups excluding carboxylic acids is 2. The van der Waals surface area contributed by atoms with Gasteiger partial charge in [0, 0.05) is 19.5 Å². The normalized spacial score (nSPS) is 12.0. The second kappa shape index (κ2) is 11.6. The Morgan fingerprint density at radius 1 is 1.07 bits per heavy atom. The Hall–Kier alpha value is -3.35. The van der Waals surface area contributed by atoms with Crippen LogP contribution in [0, 0.1) is 20.8 Å². The lowest BCUT2D eigenvalue weighted by molar-refractivity contribution is -0.165. The molecule has 2 aromatic rings. The van der Waals surface area contributed by atoms with E-state index in [1.807, 2.05) is 43.3 Å². The zero-order valence-corrected chi connectivity index (χ0v) is 18.1. The van der Waals surface area contributed by atoms with Gasteiger partial charge in [-0.2, -0.15) is 0 Å². The standard InChI is InChI=1S/C14H17NO5.C9H13N/c1-9(16)15-12(8-11-6-4-3-5-7-11)13(14(18)19)20-10(2)17;1-6-4-7(2)8(3)9(10)5-6/h3-7,12-13H,8H2,1-2H3,(H,15,16)(H,18,19);4-5H,10H2,1-3H3. The van der Waals surface area contributed by atoms with Crippen LogP contribution in [-0.2, 0) is 25.5 Å². The number of nitrogen functional groups attached to an aromatic ring is 1. The Labute approximate surface area is 177 Å². The number of aliphatic carboxylic acids is 1. The minimum atomic E-state index is -1.42. The second-order valence-corrected chi connectivity index (χ2v) is 7.16. The highest BCUT2D eigenvalue weighted by atomic mass is 16.6. The van der Waals surface area contributed by atoms with Gasteiger partial charge in [0.15, 0.2) is 0 Å². The summed E-state index contributed by atoms with van der Waals surface area (Å²) in [5.41, 5.74) is 11.2. The first-order valence-corrected chi connectivity index (χ1v) is 9.55. The third kappa shape index (κ3) is 8.34. The van der Waals surface area contributed by atoms with Crippen molar-refractivity contribution < 1.29 is 24.2 Å². The molecule has 0 aliphatic carbocycles. The summed E-state index contributed by atoms with van der Waals surface area (Å²) in [5.74, 6) is -2.39. The average Bonchev–Trinajstić information content (AvgIpc) is 2.64. The van der Waals surface area contributed by atoms with E-state index in [1.165, 1.54) is 23.6 Å². The Morgan fingerprint density at radius 3 is 2.13 bits per heavy atom. The summed E-state index contributed by atoms with van der Waals surface area (Å²) in [7, 11) is 0. The third-order valence-corrected chi connectivity index (χ3v) is 4.44. The molecule has 2 atom stereocenters. The molecular weight excluding hydrogens is 384 g/mol. The van der Waals surface area contributed by atoms with Crippen LogP contribution >= 0.6 is 0 Å². The fourth-order valence-electron chi connectivity index (χ4n) is 2.92. The largest absolute Gasteiger partial charge is 0.478 e. The number of esters is 1. The number of nitrogens with two attached hydrogens (primary N) is 1. The van der Waals surface area contributed by atoms with Gasteiger partial charge in [0.1, 0.15) is 0 Å². The fourth-order valence-corrected chi connectivity index (χ4v) is 2.92. The summed E-state index contributed by atoms with van der Waals surface area (Å²) < 4.78 is 4.79. The van der Waals surface area contributed by atoms with Crippen LogP contribution in [0.5, 0.6) is 0 Å². The van der Waals surface area contributed by atoms with Gasteiger partial charge in [-0.05, 0) is 55.5 Å². The fraction of sp³-hybridized carbons (Fsp3) is 0.348. The number of rotatable bonds is 6. The topological polar surface area (TPSA) is 119 Å². The highest BCUT2D eigenvalue weighted by Gasteiger charge is 2.31. The minimum absolute atomic E-state index is 0.255. The number of carbonyl (C=O) groups is 3. The van der Waals surface area contributed by atoms with Crippen LogP contribution < -0.4 is 11.1 Å². The lowest BCUT2D eigenvalue weighted by atomic mass is 10.0. The van der Waals surface area contributed by atoms with Gasteiger partial charge >= 0.3 is 11.9 Å². The molecule has 0 saturated carbocycles. The molecule has 1 amide bonds. The SMILES string of the molecule is CC(=O)NC(Cc1ccccc1)C(OC(C)=O)C(=O)O.Cc1cc(C)c(C)c(N)c1. The van der Waals surface area contributed by atoms with E-state index in [-0.39, 0.29) is 12.3 Å². The first kappa shape index (κ1) is 24.7. The summed E-state index contributed by atoms with van der Waals surface area (Å²) in [6.07, 6.45) is -1.17. The zero-order chi connectivity index (χ0) is 22.8. The van der Waals surface area contributed by atoms with Gasteiger partial charge in [0.2, 0.25) is 12.0 Å². The van der Waals surface area contributed by atoms with E-state index in [1.54, 1.807) is 0 Å². The van der Waals surface area contributed by atoms with Crippen molar-refractivity contribution in [3.05, 3.63) is 64.7 Å². The average molecular weight is 415 g/mol. The molecule has 2 aromatic carbocycles. The number of carboxylic acid groups (broad SMARTS) is 1. The maximum absolute atomic E-state index is 11.2. The number of aryl methyl sites for hydroxylation is 2. The van der Waals surface area contributed by atoms with E-state index < -0.39 is 24.1 Å². The van der Waals surface area contributed by atoms with Crippen molar-refractivity contribution in [2.24, 2.45) is 0 Å². The van der Waals surface area contributed by atoms with Crippen LogP contribution in [0.15, 0.2) is 42.5 Å². The molecule has 30 heavy (non-hydrogen) atoms. The number of hydrogen-bond acceptors (Lipinski definition) is 5. The van der Waals surface area contributed by atoms with Gasteiger partial charge in [0.25, 0.3) is 0 Å². The number of amides is 1. The number of carboxylic acids is 1. The summed E-state index contributed by atoms with van der Waals surface area (Å²) in [5, 5.41) is 11.7. The summed E-state index contributed by atoms with van der Waals surface area (Å²) in [6.45, 7) is 8.60. The molecule has 0 bridgehead atoms. The molecule has 7 nitrogen and oxygen atoms in total. The number of ether oxygens (including phenoxy) is 1. The van der Waals surface area contributed by atoms with Gasteiger partial charge in [-0.25, -0.2) is 4.79 Å². The Kier molecular flexibility index (Phi) is 9.55. The van der Waals surface area contributed by atoms with Crippen molar-refractivity contribution in [1.29, 1.82) is 0 Å². The van der Waals surface area contributed by atoms with Crippen LogP contribution in [-0.4, -0.2) is 35.1 Å². The van der Waals surface area contributed by atoms with E-state index in [4.69, 9.17) is 15.6 Å². The van der Waals surface area contributed by atoms with E-state index in [0.717, 1.165) is 18.2 Å². The number of benzene rings is 2. The molecule has 0 aliphatic rings. The molecule has 0 aliphatic heterocycles. The van der Waals surface area contributed by atoms with Crippen LogP contribution in [0.4, 0.5) is 5.69 Å². The van der Waals surface area contributed by atoms with Crippen molar-refractivity contribution in [2.75, 3.05) is 5.73 Å². The molecule has 0 radical (unpaired) electrons. The molecule has 162 valence electrons.